The van der Waals surface area contributed by atoms with Gasteiger partial charge in [0, 0.05) is 5.69 Å². The lowest BCUT2D eigenvalue weighted by atomic mass is 10.2. The fourth-order valence-electron chi connectivity index (χ4n) is 2.57. The van der Waals surface area contributed by atoms with Gasteiger partial charge in [0.25, 0.3) is 5.91 Å². The molecule has 1 amide bonds. The Morgan fingerprint density at radius 1 is 1.03 bits per heavy atom. The number of ether oxygens (including phenoxy) is 1. The fourth-order valence-corrected chi connectivity index (χ4v) is 2.57. The molecule has 2 N–H and O–H groups in total. The number of aryl methyl sites for hydroxylation is 1. The van der Waals surface area contributed by atoms with E-state index >= 15 is 0 Å². The van der Waals surface area contributed by atoms with E-state index < -0.39 is 11.8 Å². The van der Waals surface area contributed by atoms with Crippen LogP contribution in [0.15, 0.2) is 77.9 Å². The molecule has 30 heavy (non-hydrogen) atoms. The zero-order chi connectivity index (χ0) is 21.3. The Kier molecular flexibility index (Phi) is 6.89. The number of amides is 1. The second-order valence-corrected chi connectivity index (χ2v) is 6.43. The number of halogens is 1. The Morgan fingerprint density at radius 2 is 1.80 bits per heavy atom. The van der Waals surface area contributed by atoms with Crippen molar-refractivity contribution in [3.8, 4) is 5.75 Å². The summed E-state index contributed by atoms with van der Waals surface area (Å²) in [6.45, 7) is 2.05. The number of hydrogen-bond acceptors (Lipinski definition) is 5. The van der Waals surface area contributed by atoms with Gasteiger partial charge in [0.05, 0.1) is 18.3 Å². The van der Waals surface area contributed by atoms with Crippen molar-refractivity contribution in [3.05, 3.63) is 95.3 Å². The van der Waals surface area contributed by atoms with Crippen LogP contribution in [0.2, 0.25) is 0 Å². The van der Waals surface area contributed by atoms with Crippen LogP contribution in [0, 0.1) is 12.7 Å². The summed E-state index contributed by atoms with van der Waals surface area (Å²) < 4.78 is 18.4. The maximum atomic E-state index is 13.2. The molecule has 0 spiro atoms. The minimum atomic E-state index is -0.649. The van der Waals surface area contributed by atoms with E-state index in [9.17, 15) is 14.0 Å². The number of nitrogens with zero attached hydrogens (tertiary/aromatic N) is 1. The summed E-state index contributed by atoms with van der Waals surface area (Å²) in [7, 11) is 0. The molecule has 3 rings (SSSR count). The van der Waals surface area contributed by atoms with Crippen molar-refractivity contribution >= 4 is 23.8 Å². The van der Waals surface area contributed by atoms with Crippen LogP contribution in [0.3, 0.4) is 0 Å². The molecule has 3 aromatic carbocycles. The molecule has 152 valence electrons. The van der Waals surface area contributed by atoms with Crippen LogP contribution in [0.25, 0.3) is 0 Å². The topological polar surface area (TPSA) is 79.8 Å². The van der Waals surface area contributed by atoms with Crippen molar-refractivity contribution in [3.63, 3.8) is 0 Å². The molecular formula is C23H20FN3O3. The largest absolute Gasteiger partial charge is 0.423 e. The Balaban J connectivity index is 1.48. The highest BCUT2D eigenvalue weighted by atomic mass is 19.1. The molecule has 0 saturated heterocycles. The molecule has 0 atom stereocenters. The predicted molar refractivity (Wildman–Crippen MR) is 113 cm³/mol. The van der Waals surface area contributed by atoms with Gasteiger partial charge in [-0.1, -0.05) is 24.3 Å². The summed E-state index contributed by atoms with van der Waals surface area (Å²) in [6.07, 6.45) is 1.48. The van der Waals surface area contributed by atoms with Crippen LogP contribution in [0.5, 0.6) is 5.75 Å². The molecule has 0 fully saturated rings. The van der Waals surface area contributed by atoms with E-state index in [1.807, 2.05) is 31.2 Å². The molecule has 0 saturated carbocycles. The number of carbonyl (C=O) groups excluding carboxylic acids is 2. The molecule has 0 bridgehead atoms. The van der Waals surface area contributed by atoms with Gasteiger partial charge in [-0.2, -0.15) is 5.10 Å². The lowest BCUT2D eigenvalue weighted by molar-refractivity contribution is -0.119. The number of hydrazone groups is 1. The first-order valence-corrected chi connectivity index (χ1v) is 9.20. The molecule has 7 heteroatoms. The van der Waals surface area contributed by atoms with Gasteiger partial charge < -0.3 is 10.1 Å². The Morgan fingerprint density at radius 3 is 2.53 bits per heavy atom. The number of benzene rings is 3. The van der Waals surface area contributed by atoms with Gasteiger partial charge in [-0.05, 0) is 66.6 Å². The van der Waals surface area contributed by atoms with Crippen molar-refractivity contribution < 1.29 is 18.7 Å². The lowest BCUT2D eigenvalue weighted by Crippen LogP contribution is -2.26. The number of rotatable bonds is 7. The second-order valence-electron chi connectivity index (χ2n) is 6.43. The van der Waals surface area contributed by atoms with Gasteiger partial charge >= 0.3 is 5.97 Å². The van der Waals surface area contributed by atoms with Crippen LogP contribution in [-0.4, -0.2) is 24.6 Å². The maximum absolute atomic E-state index is 13.2. The van der Waals surface area contributed by atoms with Gasteiger partial charge in [-0.15, -0.1) is 0 Å². The van der Waals surface area contributed by atoms with Crippen LogP contribution < -0.4 is 15.5 Å². The summed E-state index contributed by atoms with van der Waals surface area (Å²) >= 11 is 0. The first kappa shape index (κ1) is 20.7. The smallest absolute Gasteiger partial charge is 0.343 e. The maximum Gasteiger partial charge on any atom is 0.343 e. The number of hydrogen-bond donors (Lipinski definition) is 2. The van der Waals surface area contributed by atoms with Crippen molar-refractivity contribution in [2.75, 3.05) is 11.9 Å². The molecule has 6 nitrogen and oxygen atoms in total. The van der Waals surface area contributed by atoms with E-state index in [-0.39, 0.29) is 18.0 Å². The number of carbonyl (C=O) groups is 2. The summed E-state index contributed by atoms with van der Waals surface area (Å²) in [5.41, 5.74) is 5.21. The van der Waals surface area contributed by atoms with Crippen LogP contribution >= 0.6 is 0 Å². The number of esters is 1. The highest BCUT2D eigenvalue weighted by Crippen LogP contribution is 2.14. The van der Waals surface area contributed by atoms with E-state index in [0.29, 0.717) is 11.3 Å². The van der Waals surface area contributed by atoms with Crippen molar-refractivity contribution in [2.45, 2.75) is 6.92 Å². The Bertz CT molecular complexity index is 1070. The van der Waals surface area contributed by atoms with Crippen LogP contribution in [0.4, 0.5) is 10.1 Å². The van der Waals surface area contributed by atoms with E-state index in [1.54, 1.807) is 24.3 Å². The van der Waals surface area contributed by atoms with Crippen molar-refractivity contribution in [2.24, 2.45) is 5.10 Å². The fraction of sp³-hybridized carbons (Fsp3) is 0.0870. The van der Waals surface area contributed by atoms with Crippen LogP contribution in [-0.2, 0) is 4.79 Å². The molecule has 0 aromatic heterocycles. The highest BCUT2D eigenvalue weighted by molar-refractivity contribution is 5.91. The quantitative estimate of drug-likeness (QED) is 0.270. The van der Waals surface area contributed by atoms with Gasteiger partial charge in [-0.3, -0.25) is 4.79 Å². The third kappa shape index (κ3) is 6.00. The third-order valence-corrected chi connectivity index (χ3v) is 4.14. The minimum absolute atomic E-state index is 0.0944. The normalized spacial score (nSPS) is 10.6. The molecule has 0 aliphatic heterocycles. The molecule has 3 aromatic rings. The first-order valence-electron chi connectivity index (χ1n) is 9.20. The second kappa shape index (κ2) is 9.97. The van der Waals surface area contributed by atoms with Gasteiger partial charge in [0.1, 0.15) is 11.6 Å². The summed E-state index contributed by atoms with van der Waals surface area (Å²) in [4.78, 5) is 23.9. The monoisotopic (exact) mass is 405 g/mol. The zero-order valence-corrected chi connectivity index (χ0v) is 16.3. The lowest BCUT2D eigenvalue weighted by Gasteiger charge is -2.07. The first-order chi connectivity index (χ1) is 14.5. The van der Waals surface area contributed by atoms with Crippen molar-refractivity contribution in [1.82, 2.24) is 5.43 Å². The Labute approximate surface area is 173 Å². The van der Waals surface area contributed by atoms with E-state index in [0.717, 1.165) is 17.3 Å². The summed E-state index contributed by atoms with van der Waals surface area (Å²) in [6, 6.07) is 19.5. The standard InChI is InChI=1S/C23H20FN3O3/c1-16-5-2-3-8-21(16)25-15-22(28)27-26-14-17-9-11-20(12-10-17)30-23(29)18-6-4-7-19(24)13-18/h2-14,25H,15H2,1H3,(H,27,28). The number of nitrogens with one attached hydrogen (secondary N) is 2. The van der Waals surface area contributed by atoms with E-state index in [4.69, 9.17) is 4.74 Å². The molecule has 0 radical (unpaired) electrons. The molecule has 0 unspecified atom stereocenters. The molecule has 0 aliphatic rings. The van der Waals surface area contributed by atoms with Gasteiger partial charge in [-0.25, -0.2) is 14.6 Å². The van der Waals surface area contributed by atoms with Crippen LogP contribution in [0.1, 0.15) is 21.5 Å². The Hall–Kier alpha value is -4.00. The van der Waals surface area contributed by atoms with E-state index in [1.165, 1.54) is 24.4 Å². The number of anilines is 1. The SMILES string of the molecule is Cc1ccccc1NCC(=O)NN=Cc1ccc(OC(=O)c2cccc(F)c2)cc1. The molecular weight excluding hydrogens is 385 g/mol. The predicted octanol–water partition coefficient (Wildman–Crippen LogP) is 3.92. The van der Waals surface area contributed by atoms with E-state index in [2.05, 4.69) is 15.8 Å². The molecule has 0 aliphatic carbocycles. The average molecular weight is 405 g/mol. The van der Waals surface area contributed by atoms with Crippen molar-refractivity contribution in [1.29, 1.82) is 0 Å². The highest BCUT2D eigenvalue weighted by Gasteiger charge is 2.09. The average Bonchev–Trinajstić information content (AvgIpc) is 2.74. The zero-order valence-electron chi connectivity index (χ0n) is 16.3. The van der Waals surface area contributed by atoms with Gasteiger partial charge in [0.15, 0.2) is 0 Å². The summed E-state index contributed by atoms with van der Waals surface area (Å²) in [5.74, 6) is -1.13. The summed E-state index contributed by atoms with van der Waals surface area (Å²) in [5, 5.41) is 6.96. The third-order valence-electron chi connectivity index (χ3n) is 4.14. The number of para-hydroxylation sites is 1. The molecule has 0 heterocycles. The minimum Gasteiger partial charge on any atom is -0.423 e. The van der Waals surface area contributed by atoms with Gasteiger partial charge in [0.2, 0.25) is 0 Å².